The molecule has 0 heterocycles. The van der Waals surface area contributed by atoms with Crippen molar-refractivity contribution in [3.63, 3.8) is 0 Å². The molecule has 0 radical (unpaired) electrons. The van der Waals surface area contributed by atoms with Crippen LogP contribution < -0.4 is 4.74 Å². The number of aliphatic carboxylic acids is 1. The Hall–Kier alpha value is -2.03. The number of hydrogen-bond acceptors (Lipinski definition) is 2. The Balaban J connectivity index is 1.95. The molecule has 0 amide bonds. The van der Waals surface area contributed by atoms with Gasteiger partial charge >= 0.3 is 5.97 Å². The minimum absolute atomic E-state index is 0.189. The van der Waals surface area contributed by atoms with E-state index in [0.29, 0.717) is 0 Å². The molecule has 1 aliphatic rings. The smallest absolute Gasteiger partial charge is 0.307 e. The van der Waals surface area contributed by atoms with Crippen LogP contribution in [0.4, 0.5) is 0 Å². The quantitative estimate of drug-likeness (QED) is 0.899. The van der Waals surface area contributed by atoms with E-state index >= 15 is 0 Å². The van der Waals surface area contributed by atoms with Gasteiger partial charge in [-0.25, -0.2) is 0 Å². The van der Waals surface area contributed by atoms with Crippen LogP contribution in [0.3, 0.4) is 0 Å². The fourth-order valence-electron chi connectivity index (χ4n) is 2.44. The molecule has 0 saturated heterocycles. The lowest BCUT2D eigenvalue weighted by molar-refractivity contribution is -0.138. The van der Waals surface area contributed by atoms with E-state index in [1.807, 2.05) is 30.3 Å². The highest BCUT2D eigenvalue weighted by molar-refractivity contribution is 5.85. The van der Waals surface area contributed by atoms with Crippen molar-refractivity contribution >= 4 is 16.7 Å². The molecule has 3 nitrogen and oxygen atoms in total. The van der Waals surface area contributed by atoms with Gasteiger partial charge in [0.2, 0.25) is 0 Å². The number of carboxylic acid groups (broad SMARTS) is 1. The molecule has 0 unspecified atom stereocenters. The van der Waals surface area contributed by atoms with Crippen molar-refractivity contribution < 1.29 is 14.6 Å². The standard InChI is InChI=1S/C15H14O3/c1-18-12-5-4-9-6-11(3-2-10(9)7-12)13-8-14(13)15(16)17/h2-7,13-14H,8H2,1H3,(H,16,17)/t13-,14+/m0/s1. The van der Waals surface area contributed by atoms with Gasteiger partial charge in [-0.15, -0.1) is 0 Å². The summed E-state index contributed by atoms with van der Waals surface area (Å²) in [7, 11) is 1.65. The van der Waals surface area contributed by atoms with Crippen LogP contribution in [-0.2, 0) is 4.79 Å². The molecule has 1 saturated carbocycles. The summed E-state index contributed by atoms with van der Waals surface area (Å²) in [5, 5.41) is 11.2. The molecule has 0 aromatic heterocycles. The van der Waals surface area contributed by atoms with Gasteiger partial charge in [-0.2, -0.15) is 0 Å². The number of rotatable bonds is 3. The topological polar surface area (TPSA) is 46.5 Å². The van der Waals surface area contributed by atoms with E-state index in [9.17, 15) is 4.79 Å². The molecular formula is C15H14O3. The van der Waals surface area contributed by atoms with Crippen molar-refractivity contribution in [1.82, 2.24) is 0 Å². The van der Waals surface area contributed by atoms with Gasteiger partial charge in [-0.05, 0) is 40.8 Å². The SMILES string of the molecule is COc1ccc2cc([C@@H]3C[C@H]3C(=O)O)ccc2c1. The minimum atomic E-state index is -0.685. The minimum Gasteiger partial charge on any atom is -0.497 e. The maximum atomic E-state index is 10.9. The van der Waals surface area contributed by atoms with Crippen molar-refractivity contribution in [2.24, 2.45) is 5.92 Å². The van der Waals surface area contributed by atoms with E-state index in [-0.39, 0.29) is 11.8 Å². The largest absolute Gasteiger partial charge is 0.497 e. The van der Waals surface area contributed by atoms with Crippen molar-refractivity contribution in [3.8, 4) is 5.75 Å². The van der Waals surface area contributed by atoms with Gasteiger partial charge < -0.3 is 9.84 Å². The molecule has 0 aliphatic heterocycles. The van der Waals surface area contributed by atoms with E-state index < -0.39 is 5.97 Å². The van der Waals surface area contributed by atoms with Gasteiger partial charge in [0.1, 0.15) is 5.75 Å². The summed E-state index contributed by atoms with van der Waals surface area (Å²) in [5.74, 6) is 0.148. The third-order valence-corrected chi connectivity index (χ3v) is 3.61. The normalized spacial score (nSPS) is 21.8. The Morgan fingerprint density at radius 2 is 1.94 bits per heavy atom. The summed E-state index contributed by atoms with van der Waals surface area (Å²) in [6, 6.07) is 12.1. The predicted molar refractivity (Wildman–Crippen MR) is 69.0 cm³/mol. The molecule has 92 valence electrons. The summed E-state index contributed by atoms with van der Waals surface area (Å²) in [5.41, 5.74) is 1.13. The van der Waals surface area contributed by atoms with Crippen molar-refractivity contribution in [1.29, 1.82) is 0 Å². The molecule has 18 heavy (non-hydrogen) atoms. The van der Waals surface area contributed by atoms with Gasteiger partial charge in [0, 0.05) is 0 Å². The zero-order valence-electron chi connectivity index (χ0n) is 10.1. The second-order valence-corrected chi connectivity index (χ2v) is 4.76. The Morgan fingerprint density at radius 3 is 2.61 bits per heavy atom. The van der Waals surface area contributed by atoms with Crippen LogP contribution in [-0.4, -0.2) is 18.2 Å². The summed E-state index contributed by atoms with van der Waals surface area (Å²) in [6.07, 6.45) is 0.761. The number of benzene rings is 2. The first-order chi connectivity index (χ1) is 8.69. The number of ether oxygens (including phenoxy) is 1. The molecule has 0 bridgehead atoms. The first kappa shape index (κ1) is 11.1. The molecule has 0 spiro atoms. The van der Waals surface area contributed by atoms with Gasteiger partial charge in [0.25, 0.3) is 0 Å². The maximum absolute atomic E-state index is 10.9. The molecule has 2 aromatic carbocycles. The fourth-order valence-corrected chi connectivity index (χ4v) is 2.44. The Morgan fingerprint density at radius 1 is 1.22 bits per heavy atom. The van der Waals surface area contributed by atoms with Crippen LogP contribution in [0.5, 0.6) is 5.75 Å². The third-order valence-electron chi connectivity index (χ3n) is 3.61. The highest BCUT2D eigenvalue weighted by Crippen LogP contribution is 2.48. The van der Waals surface area contributed by atoms with E-state index in [0.717, 1.165) is 28.5 Å². The molecule has 1 aliphatic carbocycles. The zero-order chi connectivity index (χ0) is 12.7. The predicted octanol–water partition coefficient (Wildman–Crippen LogP) is 3.04. The van der Waals surface area contributed by atoms with Gasteiger partial charge in [-0.1, -0.05) is 24.3 Å². The summed E-state index contributed by atoms with van der Waals surface area (Å²) >= 11 is 0. The van der Waals surface area contributed by atoms with Crippen LogP contribution in [0, 0.1) is 5.92 Å². The molecule has 1 fully saturated rings. The van der Waals surface area contributed by atoms with E-state index in [1.54, 1.807) is 7.11 Å². The lowest BCUT2D eigenvalue weighted by Crippen LogP contribution is -1.98. The number of methoxy groups -OCH3 is 1. The zero-order valence-corrected chi connectivity index (χ0v) is 10.1. The maximum Gasteiger partial charge on any atom is 0.307 e. The fraction of sp³-hybridized carbons (Fsp3) is 0.267. The second-order valence-electron chi connectivity index (χ2n) is 4.76. The van der Waals surface area contributed by atoms with Gasteiger partial charge in [-0.3, -0.25) is 4.79 Å². The van der Waals surface area contributed by atoms with E-state index in [1.165, 1.54) is 0 Å². The Bertz CT molecular complexity index is 618. The molecule has 3 heteroatoms. The monoisotopic (exact) mass is 242 g/mol. The van der Waals surface area contributed by atoms with E-state index in [2.05, 4.69) is 6.07 Å². The third kappa shape index (κ3) is 1.82. The summed E-state index contributed by atoms with van der Waals surface area (Å²) in [6.45, 7) is 0. The number of hydrogen-bond donors (Lipinski definition) is 1. The molecular weight excluding hydrogens is 228 g/mol. The molecule has 1 N–H and O–H groups in total. The van der Waals surface area contributed by atoms with Crippen LogP contribution in [0.15, 0.2) is 36.4 Å². The van der Waals surface area contributed by atoms with Crippen LogP contribution in [0.1, 0.15) is 17.9 Å². The first-order valence-corrected chi connectivity index (χ1v) is 5.99. The van der Waals surface area contributed by atoms with Gasteiger partial charge in [0.05, 0.1) is 13.0 Å². The summed E-state index contributed by atoms with van der Waals surface area (Å²) in [4.78, 5) is 10.9. The van der Waals surface area contributed by atoms with Crippen molar-refractivity contribution in [2.45, 2.75) is 12.3 Å². The van der Waals surface area contributed by atoms with Crippen molar-refractivity contribution in [3.05, 3.63) is 42.0 Å². The Kier molecular flexibility index (Phi) is 2.47. The number of carbonyl (C=O) groups is 1. The lowest BCUT2D eigenvalue weighted by Gasteiger charge is -2.05. The highest BCUT2D eigenvalue weighted by Gasteiger charge is 2.44. The van der Waals surface area contributed by atoms with Gasteiger partial charge in [0.15, 0.2) is 0 Å². The highest BCUT2D eigenvalue weighted by atomic mass is 16.5. The molecule has 3 rings (SSSR count). The second kappa shape index (κ2) is 4.02. The number of fused-ring (bicyclic) bond motifs is 1. The Labute approximate surface area is 105 Å². The van der Waals surface area contributed by atoms with Crippen LogP contribution in [0.25, 0.3) is 10.8 Å². The first-order valence-electron chi connectivity index (χ1n) is 5.99. The van der Waals surface area contributed by atoms with Crippen molar-refractivity contribution in [2.75, 3.05) is 7.11 Å². The average Bonchev–Trinajstić information content (AvgIpc) is 3.18. The lowest BCUT2D eigenvalue weighted by atomic mass is 10.0. The van der Waals surface area contributed by atoms with Crippen LogP contribution >= 0.6 is 0 Å². The summed E-state index contributed by atoms with van der Waals surface area (Å²) < 4.78 is 5.18. The number of carboxylic acids is 1. The van der Waals surface area contributed by atoms with Crippen LogP contribution in [0.2, 0.25) is 0 Å². The molecule has 2 atom stereocenters. The average molecular weight is 242 g/mol. The molecule has 2 aromatic rings. The van der Waals surface area contributed by atoms with E-state index in [4.69, 9.17) is 9.84 Å².